The van der Waals surface area contributed by atoms with Gasteiger partial charge in [-0.15, -0.1) is 0 Å². The zero-order valence-electron chi connectivity index (χ0n) is 9.05. The summed E-state index contributed by atoms with van der Waals surface area (Å²) >= 11 is 0. The van der Waals surface area contributed by atoms with E-state index in [4.69, 9.17) is 4.74 Å². The van der Waals surface area contributed by atoms with Crippen molar-refractivity contribution in [1.82, 2.24) is 0 Å². The molecule has 0 aromatic heterocycles. The molecule has 0 N–H and O–H groups in total. The van der Waals surface area contributed by atoms with Gasteiger partial charge in [0.25, 0.3) is 0 Å². The summed E-state index contributed by atoms with van der Waals surface area (Å²) in [5, 5.41) is 0. The average Bonchev–Trinajstić information content (AvgIpc) is 2.53. The van der Waals surface area contributed by atoms with E-state index in [0.29, 0.717) is 18.8 Å². The minimum absolute atomic E-state index is 0.329. The highest BCUT2D eigenvalue weighted by Gasteiger charge is 2.45. The van der Waals surface area contributed by atoms with Gasteiger partial charge < -0.3 is 4.74 Å². The second-order valence-corrected chi connectivity index (χ2v) is 4.75. The van der Waals surface area contributed by atoms with Gasteiger partial charge in [-0.2, -0.15) is 0 Å². The van der Waals surface area contributed by atoms with Crippen molar-refractivity contribution < 1.29 is 9.53 Å². The Bertz CT molecular complexity index is 214. The number of hydrogen-bond donors (Lipinski definition) is 0. The Kier molecular flexibility index (Phi) is 2.91. The molecule has 0 unspecified atom stereocenters. The number of ether oxygens (including phenoxy) is 1. The van der Waals surface area contributed by atoms with Gasteiger partial charge in [0.05, 0.1) is 6.61 Å². The summed E-state index contributed by atoms with van der Waals surface area (Å²) in [7, 11) is 0. The molecular formula is C12H20O2. The number of rotatable bonds is 2. The lowest BCUT2D eigenvalue weighted by Crippen LogP contribution is -2.39. The van der Waals surface area contributed by atoms with Gasteiger partial charge in [0.15, 0.2) is 5.78 Å². The molecule has 0 aromatic rings. The lowest BCUT2D eigenvalue weighted by molar-refractivity contribution is -0.135. The first-order valence-corrected chi connectivity index (χ1v) is 5.94. The highest BCUT2D eigenvalue weighted by atomic mass is 16.5. The second-order valence-electron chi connectivity index (χ2n) is 4.75. The summed E-state index contributed by atoms with van der Waals surface area (Å²) < 4.78 is 5.67. The smallest absolute Gasteiger partial charge is 0.166 e. The number of carbonyl (C=O) groups is 1. The van der Waals surface area contributed by atoms with Gasteiger partial charge in [0.2, 0.25) is 0 Å². The van der Waals surface area contributed by atoms with Crippen molar-refractivity contribution >= 4 is 5.78 Å². The van der Waals surface area contributed by atoms with Crippen molar-refractivity contribution in [2.75, 3.05) is 6.61 Å². The van der Waals surface area contributed by atoms with E-state index in [0.717, 1.165) is 18.8 Å². The van der Waals surface area contributed by atoms with Gasteiger partial charge in [0, 0.05) is 6.42 Å². The van der Waals surface area contributed by atoms with Gasteiger partial charge in [-0.1, -0.05) is 19.8 Å². The van der Waals surface area contributed by atoms with Crippen LogP contribution >= 0.6 is 0 Å². The van der Waals surface area contributed by atoms with Crippen LogP contribution in [0.1, 0.15) is 51.9 Å². The van der Waals surface area contributed by atoms with E-state index in [9.17, 15) is 4.79 Å². The van der Waals surface area contributed by atoms with Gasteiger partial charge in [-0.3, -0.25) is 4.79 Å². The quantitative estimate of drug-likeness (QED) is 0.678. The summed E-state index contributed by atoms with van der Waals surface area (Å²) in [5.41, 5.74) is -0.329. The lowest BCUT2D eigenvalue weighted by Gasteiger charge is -2.35. The van der Waals surface area contributed by atoms with E-state index in [1.165, 1.54) is 25.7 Å². The number of carbonyl (C=O) groups excluding carboxylic acids is 1. The molecule has 1 aliphatic carbocycles. The Morgan fingerprint density at radius 2 is 2.14 bits per heavy atom. The summed E-state index contributed by atoms with van der Waals surface area (Å²) in [6, 6.07) is 0. The monoisotopic (exact) mass is 196 g/mol. The van der Waals surface area contributed by atoms with Crippen molar-refractivity contribution in [3.8, 4) is 0 Å². The summed E-state index contributed by atoms with van der Waals surface area (Å²) in [6.45, 7) is 2.90. The molecule has 1 aliphatic heterocycles. The maximum atomic E-state index is 11.7. The van der Waals surface area contributed by atoms with Gasteiger partial charge in [-0.25, -0.2) is 0 Å². The molecule has 2 fully saturated rings. The second kappa shape index (κ2) is 4.01. The molecule has 0 radical (unpaired) electrons. The summed E-state index contributed by atoms with van der Waals surface area (Å²) in [6.07, 6.45) is 7.60. The first-order valence-electron chi connectivity index (χ1n) is 5.94. The minimum Gasteiger partial charge on any atom is -0.367 e. The van der Waals surface area contributed by atoms with Crippen LogP contribution in [-0.4, -0.2) is 18.0 Å². The van der Waals surface area contributed by atoms with E-state index in [2.05, 4.69) is 6.92 Å². The van der Waals surface area contributed by atoms with Crippen molar-refractivity contribution in [2.24, 2.45) is 5.92 Å². The maximum Gasteiger partial charge on any atom is 0.166 e. The zero-order valence-corrected chi connectivity index (χ0v) is 9.05. The Labute approximate surface area is 86.0 Å². The predicted molar refractivity (Wildman–Crippen MR) is 55.2 cm³/mol. The molecule has 2 aliphatic rings. The highest BCUT2D eigenvalue weighted by molar-refractivity contribution is 5.89. The molecule has 2 rings (SSSR count). The maximum absolute atomic E-state index is 11.7. The van der Waals surface area contributed by atoms with E-state index < -0.39 is 0 Å². The van der Waals surface area contributed by atoms with Crippen LogP contribution in [0.25, 0.3) is 0 Å². The normalized spacial score (nSPS) is 38.1. The summed E-state index contributed by atoms with van der Waals surface area (Å²) in [5.74, 6) is 1.22. The van der Waals surface area contributed by atoms with Crippen LogP contribution in [0.5, 0.6) is 0 Å². The molecule has 1 heterocycles. The molecule has 1 saturated carbocycles. The third kappa shape index (κ3) is 1.72. The standard InChI is InChI=1S/C12H20O2/c1-2-3-10-4-7-12(8-5-10)11(13)6-9-14-12/h10H,2-9H2,1H3. The molecule has 1 saturated heterocycles. The summed E-state index contributed by atoms with van der Waals surface area (Å²) in [4.78, 5) is 11.7. The molecule has 0 atom stereocenters. The van der Waals surface area contributed by atoms with Crippen LogP contribution in [0.4, 0.5) is 0 Å². The molecule has 1 spiro atoms. The largest absolute Gasteiger partial charge is 0.367 e. The zero-order chi connectivity index (χ0) is 10.0. The average molecular weight is 196 g/mol. The predicted octanol–water partition coefficient (Wildman–Crippen LogP) is 2.70. The third-order valence-electron chi connectivity index (χ3n) is 3.83. The van der Waals surface area contributed by atoms with E-state index in [1.54, 1.807) is 0 Å². The van der Waals surface area contributed by atoms with Crippen LogP contribution in [-0.2, 0) is 9.53 Å². The molecule has 80 valence electrons. The van der Waals surface area contributed by atoms with Crippen LogP contribution in [0, 0.1) is 5.92 Å². The van der Waals surface area contributed by atoms with Gasteiger partial charge in [0.1, 0.15) is 5.60 Å². The lowest BCUT2D eigenvalue weighted by atomic mass is 9.75. The fourth-order valence-electron chi connectivity index (χ4n) is 2.91. The highest BCUT2D eigenvalue weighted by Crippen LogP contribution is 2.40. The first kappa shape index (κ1) is 10.2. The molecule has 0 amide bonds. The SMILES string of the molecule is CCCC1CCC2(CC1)OCCC2=O. The van der Waals surface area contributed by atoms with E-state index >= 15 is 0 Å². The van der Waals surface area contributed by atoms with Crippen LogP contribution in [0.15, 0.2) is 0 Å². The molecule has 2 heteroatoms. The Balaban J connectivity index is 1.91. The molecule has 14 heavy (non-hydrogen) atoms. The van der Waals surface area contributed by atoms with Crippen molar-refractivity contribution in [3.05, 3.63) is 0 Å². The van der Waals surface area contributed by atoms with Crippen LogP contribution < -0.4 is 0 Å². The van der Waals surface area contributed by atoms with Crippen LogP contribution in [0.3, 0.4) is 0 Å². The third-order valence-corrected chi connectivity index (χ3v) is 3.83. The minimum atomic E-state index is -0.329. The number of hydrogen-bond acceptors (Lipinski definition) is 2. The van der Waals surface area contributed by atoms with Crippen molar-refractivity contribution in [3.63, 3.8) is 0 Å². The topological polar surface area (TPSA) is 26.3 Å². The Morgan fingerprint density at radius 3 is 2.64 bits per heavy atom. The van der Waals surface area contributed by atoms with E-state index in [-0.39, 0.29) is 5.60 Å². The fraction of sp³-hybridized carbons (Fsp3) is 0.917. The molecule has 0 bridgehead atoms. The van der Waals surface area contributed by atoms with Gasteiger partial charge >= 0.3 is 0 Å². The van der Waals surface area contributed by atoms with Crippen LogP contribution in [0.2, 0.25) is 0 Å². The van der Waals surface area contributed by atoms with E-state index in [1.807, 2.05) is 0 Å². The van der Waals surface area contributed by atoms with Gasteiger partial charge in [-0.05, 0) is 31.6 Å². The first-order chi connectivity index (χ1) is 6.77. The number of ketones is 1. The molecular weight excluding hydrogens is 176 g/mol. The number of Topliss-reactive ketones (excluding diaryl/α,β-unsaturated/α-hetero) is 1. The Morgan fingerprint density at radius 1 is 1.43 bits per heavy atom. The van der Waals surface area contributed by atoms with Crippen molar-refractivity contribution in [1.29, 1.82) is 0 Å². The fourth-order valence-corrected chi connectivity index (χ4v) is 2.91. The Hall–Kier alpha value is -0.370. The molecule has 0 aromatic carbocycles. The molecule has 2 nitrogen and oxygen atoms in total. The van der Waals surface area contributed by atoms with Crippen molar-refractivity contribution in [2.45, 2.75) is 57.5 Å².